The predicted octanol–water partition coefficient (Wildman–Crippen LogP) is -2.58. The van der Waals surface area contributed by atoms with Crippen molar-refractivity contribution in [2.45, 2.75) is 0 Å². The molecule has 1 aromatic heterocycles. The van der Waals surface area contributed by atoms with Crippen molar-refractivity contribution in [3.63, 3.8) is 0 Å². The van der Waals surface area contributed by atoms with E-state index in [4.69, 9.17) is 18.6 Å². The molecule has 0 saturated carbocycles. The van der Waals surface area contributed by atoms with E-state index < -0.39 is 10.2 Å². The van der Waals surface area contributed by atoms with E-state index >= 15 is 0 Å². The number of hydrogen-bond acceptors (Lipinski definition) is 4. The van der Waals surface area contributed by atoms with Crippen molar-refractivity contribution in [1.29, 1.82) is 0 Å². The molecule has 0 N–H and O–H groups in total. The quantitative estimate of drug-likeness (QED) is 0.499. The maximum absolute atomic E-state index is 8.49. The Bertz CT molecular complexity index is 358. The van der Waals surface area contributed by atoms with Gasteiger partial charge in [0.25, 0.3) is 0 Å². The summed E-state index contributed by atoms with van der Waals surface area (Å²) in [5.41, 5.74) is 0. The van der Waals surface area contributed by atoms with E-state index in [1.807, 2.05) is 0 Å². The SMILES string of the molecule is [O-][Cl+3]([O-])([O-])[O-].c1ccc2c[se+]ccc2c1. The van der Waals surface area contributed by atoms with Crippen molar-refractivity contribution in [1.82, 2.24) is 0 Å². The molecule has 15 heavy (non-hydrogen) atoms. The van der Waals surface area contributed by atoms with Gasteiger partial charge in [-0.15, -0.1) is 10.2 Å². The van der Waals surface area contributed by atoms with E-state index in [1.165, 1.54) is 10.8 Å². The van der Waals surface area contributed by atoms with Gasteiger partial charge in [-0.3, -0.25) is 0 Å². The molecule has 0 bridgehead atoms. The average Bonchev–Trinajstić information content (AvgIpc) is 2.16. The van der Waals surface area contributed by atoms with Gasteiger partial charge in [-0.05, 0) is 0 Å². The van der Waals surface area contributed by atoms with E-state index in [1.54, 1.807) is 0 Å². The fraction of sp³-hybridized carbons (Fsp3) is 0. The van der Waals surface area contributed by atoms with Crippen molar-refractivity contribution in [2.75, 3.05) is 0 Å². The molecule has 1 heterocycles. The van der Waals surface area contributed by atoms with Gasteiger partial charge in [-0.1, -0.05) is 0 Å². The summed E-state index contributed by atoms with van der Waals surface area (Å²) in [5, 5.41) is 2.75. The Hall–Kier alpha value is -0.521. The molecule has 2 aromatic rings. The molecule has 4 nitrogen and oxygen atoms in total. The van der Waals surface area contributed by atoms with Crippen LogP contribution in [0.2, 0.25) is 0 Å². The van der Waals surface area contributed by atoms with Gasteiger partial charge in [-0.2, -0.15) is 0 Å². The van der Waals surface area contributed by atoms with Gasteiger partial charge >= 0.3 is 65.5 Å². The first-order chi connectivity index (χ1) is 6.97. The second-order valence-corrected chi connectivity index (χ2v) is 4.96. The first-order valence-corrected chi connectivity index (χ1v) is 7.04. The van der Waals surface area contributed by atoms with Gasteiger partial charge in [-0.25, -0.2) is 18.6 Å². The van der Waals surface area contributed by atoms with Crippen molar-refractivity contribution >= 4 is 25.3 Å². The van der Waals surface area contributed by atoms with E-state index in [0.29, 0.717) is 14.5 Å². The molecule has 0 atom stereocenters. The van der Waals surface area contributed by atoms with Crippen molar-refractivity contribution in [3.05, 3.63) is 40.2 Å². The molecule has 0 spiro atoms. The van der Waals surface area contributed by atoms with Crippen LogP contribution in [0.25, 0.3) is 10.8 Å². The summed E-state index contributed by atoms with van der Waals surface area (Å²) in [6.07, 6.45) is 0. The molecule has 80 valence electrons. The molecule has 0 fully saturated rings. The molecular formula is C9H7ClO4Se. The van der Waals surface area contributed by atoms with Crippen LogP contribution in [0.15, 0.2) is 40.2 Å². The van der Waals surface area contributed by atoms with Crippen LogP contribution in [0.4, 0.5) is 0 Å². The van der Waals surface area contributed by atoms with Gasteiger partial charge in [0.2, 0.25) is 0 Å². The van der Waals surface area contributed by atoms with Crippen LogP contribution in [0.5, 0.6) is 0 Å². The number of rotatable bonds is 0. The van der Waals surface area contributed by atoms with Gasteiger partial charge in [0.15, 0.2) is 0 Å². The second-order valence-electron chi connectivity index (χ2n) is 2.56. The van der Waals surface area contributed by atoms with E-state index in [9.17, 15) is 0 Å². The third-order valence-electron chi connectivity index (χ3n) is 1.52. The average molecular weight is 294 g/mol. The molecular weight excluding hydrogens is 287 g/mol. The molecule has 6 heteroatoms. The third-order valence-corrected chi connectivity index (χ3v) is 2.95. The predicted molar refractivity (Wildman–Crippen MR) is 45.3 cm³/mol. The summed E-state index contributed by atoms with van der Waals surface area (Å²) >= 11 is 0.592. The van der Waals surface area contributed by atoms with E-state index in [-0.39, 0.29) is 0 Å². The minimum absolute atomic E-state index is 0.592. The topological polar surface area (TPSA) is 92.2 Å². The van der Waals surface area contributed by atoms with Crippen molar-refractivity contribution in [3.8, 4) is 0 Å². The summed E-state index contributed by atoms with van der Waals surface area (Å²) in [4.78, 5) is 4.55. The molecule has 0 unspecified atom stereocenters. The van der Waals surface area contributed by atoms with Crippen LogP contribution in [-0.4, -0.2) is 14.5 Å². The Morgan fingerprint density at radius 1 is 0.867 bits per heavy atom. The number of fused-ring (bicyclic) bond motifs is 1. The van der Waals surface area contributed by atoms with E-state index in [2.05, 4.69) is 40.2 Å². The molecule has 0 amide bonds. The summed E-state index contributed by atoms with van der Waals surface area (Å²) < 4.78 is 34.0. The van der Waals surface area contributed by atoms with Crippen molar-refractivity contribution in [2.24, 2.45) is 0 Å². The van der Waals surface area contributed by atoms with Crippen LogP contribution < -0.4 is 18.6 Å². The first kappa shape index (κ1) is 12.5. The zero-order valence-corrected chi connectivity index (χ0v) is 9.93. The summed E-state index contributed by atoms with van der Waals surface area (Å²) in [6.45, 7) is 0. The summed E-state index contributed by atoms with van der Waals surface area (Å²) in [6, 6.07) is 10.7. The zero-order valence-electron chi connectivity index (χ0n) is 7.46. The van der Waals surface area contributed by atoms with Gasteiger partial charge in [0.1, 0.15) is 0 Å². The van der Waals surface area contributed by atoms with Gasteiger partial charge in [0, 0.05) is 0 Å². The van der Waals surface area contributed by atoms with Gasteiger partial charge < -0.3 is 0 Å². The zero-order chi connectivity index (χ0) is 11.3. The van der Waals surface area contributed by atoms with Gasteiger partial charge in [0.05, 0.1) is 0 Å². The van der Waals surface area contributed by atoms with Crippen LogP contribution in [0.3, 0.4) is 0 Å². The molecule has 0 saturated heterocycles. The van der Waals surface area contributed by atoms with Crippen LogP contribution in [-0.2, 0) is 0 Å². The van der Waals surface area contributed by atoms with Crippen LogP contribution >= 0.6 is 0 Å². The Labute approximate surface area is 94.5 Å². The molecule has 1 aromatic carbocycles. The fourth-order valence-electron chi connectivity index (χ4n) is 0.995. The van der Waals surface area contributed by atoms with Crippen LogP contribution in [0, 0.1) is 10.2 Å². The van der Waals surface area contributed by atoms with Crippen molar-refractivity contribution < 1.29 is 28.9 Å². The number of hydrogen-bond donors (Lipinski definition) is 0. The summed E-state index contributed by atoms with van der Waals surface area (Å²) in [7, 11) is -4.94. The minimum atomic E-state index is -4.94. The molecule has 0 aliphatic carbocycles. The standard InChI is InChI=1S/C9H7Se.ClHO4/c1-2-4-9-7-10-6-5-8(9)3-1;2-1(3,4)5/h1-7H;(H,2,3,4,5)/q+1;/p-1. The Balaban J connectivity index is 0.000000195. The molecule has 0 aliphatic rings. The van der Waals surface area contributed by atoms with Crippen LogP contribution in [0.1, 0.15) is 0 Å². The Morgan fingerprint density at radius 2 is 1.40 bits per heavy atom. The first-order valence-electron chi connectivity index (χ1n) is 3.83. The Kier molecular flexibility index (Phi) is 4.63. The fourth-order valence-corrected chi connectivity index (χ4v) is 2.39. The molecule has 0 aliphatic heterocycles. The molecule has 2 rings (SSSR count). The monoisotopic (exact) mass is 294 g/mol. The Morgan fingerprint density at radius 3 is 1.93 bits per heavy atom. The third kappa shape index (κ3) is 5.81. The summed E-state index contributed by atoms with van der Waals surface area (Å²) in [5.74, 6) is 0. The molecule has 0 radical (unpaired) electrons. The second kappa shape index (κ2) is 5.53. The number of benzene rings is 1. The normalized spacial score (nSPS) is 10.7. The number of halogens is 1. The maximum atomic E-state index is 8.49. The van der Waals surface area contributed by atoms with E-state index in [0.717, 1.165) is 0 Å².